The highest BCUT2D eigenvalue weighted by Crippen LogP contribution is 2.11. The predicted molar refractivity (Wildman–Crippen MR) is 59.5 cm³/mol. The molecule has 2 atom stereocenters. The molecule has 84 valence electrons. The number of nitrogens with one attached hydrogen (secondary N) is 1. The van der Waals surface area contributed by atoms with Gasteiger partial charge in [-0.15, -0.1) is 0 Å². The second-order valence-corrected chi connectivity index (χ2v) is 3.84. The molecule has 0 saturated carbocycles. The first-order valence-corrected chi connectivity index (χ1v) is 5.30. The van der Waals surface area contributed by atoms with Crippen molar-refractivity contribution in [3.05, 3.63) is 23.8 Å². The highest BCUT2D eigenvalue weighted by molar-refractivity contribution is 5.12. The van der Waals surface area contributed by atoms with Gasteiger partial charge in [0.05, 0.1) is 17.5 Å². The van der Waals surface area contributed by atoms with Gasteiger partial charge in [-0.25, -0.2) is 0 Å². The molecule has 1 aromatic rings. The van der Waals surface area contributed by atoms with Crippen molar-refractivity contribution in [1.82, 2.24) is 15.3 Å². The number of aromatic nitrogens is 2. The van der Waals surface area contributed by atoms with Crippen LogP contribution in [0.25, 0.3) is 0 Å². The van der Waals surface area contributed by atoms with Gasteiger partial charge in [0, 0.05) is 18.4 Å². The first kappa shape index (κ1) is 12.1. The molecule has 2 N–H and O–H groups in total. The Labute approximate surface area is 90.8 Å². The van der Waals surface area contributed by atoms with E-state index in [2.05, 4.69) is 22.2 Å². The van der Waals surface area contributed by atoms with Crippen molar-refractivity contribution < 1.29 is 5.11 Å². The highest BCUT2D eigenvalue weighted by atomic mass is 16.3. The molecule has 0 amide bonds. The quantitative estimate of drug-likeness (QED) is 0.765. The molecule has 1 rings (SSSR count). The van der Waals surface area contributed by atoms with Crippen LogP contribution in [0.2, 0.25) is 0 Å². The van der Waals surface area contributed by atoms with Gasteiger partial charge in [0.15, 0.2) is 0 Å². The number of aliphatic hydroxyl groups excluding tert-OH is 1. The van der Waals surface area contributed by atoms with Crippen molar-refractivity contribution in [3.63, 3.8) is 0 Å². The smallest absolute Gasteiger partial charge is 0.0782 e. The van der Waals surface area contributed by atoms with Crippen LogP contribution in [0, 0.1) is 6.92 Å². The highest BCUT2D eigenvalue weighted by Gasteiger charge is 2.09. The van der Waals surface area contributed by atoms with Crippen LogP contribution in [0.1, 0.15) is 37.7 Å². The summed E-state index contributed by atoms with van der Waals surface area (Å²) in [4.78, 5) is 8.48. The van der Waals surface area contributed by atoms with E-state index in [4.69, 9.17) is 5.11 Å². The Morgan fingerprint density at radius 1 is 1.33 bits per heavy atom. The van der Waals surface area contributed by atoms with Crippen LogP contribution < -0.4 is 5.32 Å². The molecule has 0 aliphatic heterocycles. The molecule has 2 unspecified atom stereocenters. The molecule has 0 aliphatic carbocycles. The lowest BCUT2D eigenvalue weighted by molar-refractivity contribution is 0.182. The molecule has 0 saturated heterocycles. The van der Waals surface area contributed by atoms with Crippen molar-refractivity contribution in [2.24, 2.45) is 0 Å². The Hall–Kier alpha value is -1.00. The van der Waals surface area contributed by atoms with Crippen molar-refractivity contribution in [1.29, 1.82) is 0 Å². The summed E-state index contributed by atoms with van der Waals surface area (Å²) < 4.78 is 0. The van der Waals surface area contributed by atoms with Gasteiger partial charge < -0.3 is 10.4 Å². The minimum atomic E-state index is -0.257. The normalized spacial score (nSPS) is 14.9. The minimum absolute atomic E-state index is 0.178. The van der Waals surface area contributed by atoms with Crippen LogP contribution in [-0.2, 0) is 0 Å². The van der Waals surface area contributed by atoms with Gasteiger partial charge in [-0.3, -0.25) is 9.97 Å². The van der Waals surface area contributed by atoms with Crippen molar-refractivity contribution in [2.75, 3.05) is 6.54 Å². The van der Waals surface area contributed by atoms with E-state index in [1.165, 1.54) is 0 Å². The van der Waals surface area contributed by atoms with E-state index in [1.807, 2.05) is 6.92 Å². The molecule has 1 aromatic heterocycles. The lowest BCUT2D eigenvalue weighted by Crippen LogP contribution is -2.24. The van der Waals surface area contributed by atoms with Gasteiger partial charge in [-0.05, 0) is 33.7 Å². The van der Waals surface area contributed by atoms with Crippen LogP contribution in [0.4, 0.5) is 0 Å². The Morgan fingerprint density at radius 2 is 2.00 bits per heavy atom. The fourth-order valence-electron chi connectivity index (χ4n) is 1.45. The Kier molecular flexibility index (Phi) is 4.65. The van der Waals surface area contributed by atoms with E-state index in [9.17, 15) is 0 Å². The van der Waals surface area contributed by atoms with E-state index in [0.717, 1.165) is 24.4 Å². The Morgan fingerprint density at radius 3 is 2.60 bits per heavy atom. The molecule has 0 bridgehead atoms. The average molecular weight is 209 g/mol. The molecule has 15 heavy (non-hydrogen) atoms. The number of nitrogens with zero attached hydrogens (tertiary/aromatic N) is 2. The zero-order chi connectivity index (χ0) is 11.3. The van der Waals surface area contributed by atoms with Gasteiger partial charge in [-0.2, -0.15) is 0 Å². The fraction of sp³-hybridized carbons (Fsp3) is 0.636. The number of rotatable bonds is 5. The van der Waals surface area contributed by atoms with E-state index in [-0.39, 0.29) is 12.1 Å². The molecule has 4 nitrogen and oxygen atoms in total. The van der Waals surface area contributed by atoms with Crippen LogP contribution in [-0.4, -0.2) is 27.7 Å². The van der Waals surface area contributed by atoms with E-state index >= 15 is 0 Å². The molecule has 0 radical (unpaired) electrons. The summed E-state index contributed by atoms with van der Waals surface area (Å²) in [5.41, 5.74) is 1.93. The zero-order valence-corrected chi connectivity index (χ0v) is 9.57. The maximum atomic E-state index is 9.12. The molecule has 4 heteroatoms. The summed E-state index contributed by atoms with van der Waals surface area (Å²) in [5.74, 6) is 0. The number of aliphatic hydroxyl groups is 1. The monoisotopic (exact) mass is 209 g/mol. The Bertz CT molecular complexity index is 302. The van der Waals surface area contributed by atoms with Crippen molar-refractivity contribution >= 4 is 0 Å². The molecule has 0 fully saturated rings. The molecule has 0 spiro atoms. The topological polar surface area (TPSA) is 58.0 Å². The minimum Gasteiger partial charge on any atom is -0.393 e. The second-order valence-electron chi connectivity index (χ2n) is 3.84. The summed E-state index contributed by atoms with van der Waals surface area (Å²) in [5, 5.41) is 12.4. The molecular weight excluding hydrogens is 190 g/mol. The SMILES string of the molecule is Cc1nccnc1C(C)NCCC(C)O. The third-order valence-corrected chi connectivity index (χ3v) is 2.34. The largest absolute Gasteiger partial charge is 0.393 e. The van der Waals surface area contributed by atoms with E-state index in [1.54, 1.807) is 19.3 Å². The van der Waals surface area contributed by atoms with E-state index < -0.39 is 0 Å². The first-order valence-electron chi connectivity index (χ1n) is 5.30. The van der Waals surface area contributed by atoms with Gasteiger partial charge in [-0.1, -0.05) is 0 Å². The predicted octanol–water partition coefficient (Wildman–Crippen LogP) is 1.21. The standard InChI is InChI=1S/C11H19N3O/c1-8(15)4-5-12-9(2)11-10(3)13-6-7-14-11/h6-9,12,15H,4-5H2,1-3H3. The third-order valence-electron chi connectivity index (χ3n) is 2.34. The zero-order valence-electron chi connectivity index (χ0n) is 9.57. The lowest BCUT2D eigenvalue weighted by atomic mass is 10.2. The Balaban J connectivity index is 2.47. The maximum absolute atomic E-state index is 9.12. The lowest BCUT2D eigenvalue weighted by Gasteiger charge is -2.15. The van der Waals surface area contributed by atoms with Gasteiger partial charge >= 0.3 is 0 Å². The van der Waals surface area contributed by atoms with Crippen LogP contribution in [0.5, 0.6) is 0 Å². The number of aryl methyl sites for hydroxylation is 1. The van der Waals surface area contributed by atoms with Gasteiger partial charge in [0.25, 0.3) is 0 Å². The fourth-order valence-corrected chi connectivity index (χ4v) is 1.45. The summed E-state index contributed by atoms with van der Waals surface area (Å²) >= 11 is 0. The summed E-state index contributed by atoms with van der Waals surface area (Å²) in [7, 11) is 0. The molecule has 1 heterocycles. The van der Waals surface area contributed by atoms with Crippen molar-refractivity contribution in [2.45, 2.75) is 39.3 Å². The average Bonchev–Trinajstić information content (AvgIpc) is 2.17. The second kappa shape index (κ2) is 5.78. The maximum Gasteiger partial charge on any atom is 0.0782 e. The number of hydrogen-bond acceptors (Lipinski definition) is 4. The molecule has 0 aromatic carbocycles. The van der Waals surface area contributed by atoms with Crippen LogP contribution in [0.15, 0.2) is 12.4 Å². The third kappa shape index (κ3) is 3.93. The summed E-state index contributed by atoms with van der Waals surface area (Å²) in [6.07, 6.45) is 3.90. The first-order chi connectivity index (χ1) is 7.11. The molecular formula is C11H19N3O. The van der Waals surface area contributed by atoms with Crippen LogP contribution >= 0.6 is 0 Å². The van der Waals surface area contributed by atoms with Crippen LogP contribution in [0.3, 0.4) is 0 Å². The van der Waals surface area contributed by atoms with E-state index in [0.29, 0.717) is 0 Å². The molecule has 0 aliphatic rings. The summed E-state index contributed by atoms with van der Waals surface area (Å²) in [6, 6.07) is 0.178. The van der Waals surface area contributed by atoms with Gasteiger partial charge in [0.1, 0.15) is 0 Å². The van der Waals surface area contributed by atoms with Crippen molar-refractivity contribution in [3.8, 4) is 0 Å². The summed E-state index contributed by atoms with van der Waals surface area (Å²) in [6.45, 7) is 6.59. The number of hydrogen-bond donors (Lipinski definition) is 2. The van der Waals surface area contributed by atoms with Gasteiger partial charge in [0.2, 0.25) is 0 Å².